The fourth-order valence-corrected chi connectivity index (χ4v) is 2.78. The van der Waals surface area contributed by atoms with E-state index in [1.165, 1.54) is 6.07 Å². The number of hydrogen-bond donors (Lipinski definition) is 1. The van der Waals surface area contributed by atoms with Gasteiger partial charge < -0.3 is 10.1 Å². The quantitative estimate of drug-likeness (QED) is 0.272. The number of hydrogen-bond acceptors (Lipinski definition) is 4. The molecule has 0 heterocycles. The number of nitrogens with one attached hydrogen (secondary N) is 1. The van der Waals surface area contributed by atoms with E-state index in [1.807, 2.05) is 10.1 Å². The van der Waals surface area contributed by atoms with Crippen LogP contribution in [0.15, 0.2) is 42.5 Å². The molecule has 5 nitrogen and oxygen atoms in total. The van der Waals surface area contributed by atoms with E-state index in [-0.39, 0.29) is 17.9 Å². The molecule has 0 aliphatic carbocycles. The van der Waals surface area contributed by atoms with Crippen LogP contribution in [0.25, 0.3) is 0 Å². The number of alkyl halides is 13. The summed E-state index contributed by atoms with van der Waals surface area (Å²) in [6, 6.07) is 6.33. The number of benzene rings is 2. The molecule has 2 aromatic rings. The lowest BCUT2D eigenvalue weighted by atomic mass is 10.1. The van der Waals surface area contributed by atoms with E-state index >= 15 is 0 Å². The Morgan fingerprint density at radius 3 is 1.85 bits per heavy atom. The van der Waals surface area contributed by atoms with Crippen LogP contribution in [0.2, 0.25) is 0 Å². The van der Waals surface area contributed by atoms with Crippen LogP contribution in [0, 0.1) is 13.8 Å². The maximum atomic E-state index is 14.4. The van der Waals surface area contributed by atoms with Crippen LogP contribution in [0.4, 0.5) is 62.8 Å². The van der Waals surface area contributed by atoms with Gasteiger partial charge >= 0.3 is 36.5 Å². The zero-order valence-electron chi connectivity index (χ0n) is 19.8. The van der Waals surface area contributed by atoms with Crippen LogP contribution in [-0.4, -0.2) is 43.1 Å². The summed E-state index contributed by atoms with van der Waals surface area (Å²) in [6.07, 6.45) is -28.0. The Bertz CT molecular complexity index is 1220. The van der Waals surface area contributed by atoms with Gasteiger partial charge in [0.15, 0.2) is 6.61 Å². The maximum absolute atomic E-state index is 14.4. The molecule has 0 saturated heterocycles. The predicted molar refractivity (Wildman–Crippen MR) is 108 cm³/mol. The van der Waals surface area contributed by atoms with E-state index < -0.39 is 60.3 Å². The number of amides is 1. The molecule has 18 heteroatoms. The minimum Gasteiger partial charge on any atom is -0.484 e. The number of carbonyl (C=O) groups excluding carboxylic acids is 1. The summed E-state index contributed by atoms with van der Waals surface area (Å²) < 4.78 is 181. The average molecular weight is 605 g/mol. The molecule has 0 unspecified atom stereocenters. The molecule has 0 aliphatic rings. The second-order valence-corrected chi connectivity index (χ2v) is 8.01. The van der Waals surface area contributed by atoms with Gasteiger partial charge in [0.1, 0.15) is 5.75 Å². The van der Waals surface area contributed by atoms with Gasteiger partial charge in [-0.2, -0.15) is 43.9 Å². The molecule has 0 fully saturated rings. The third-order valence-corrected chi connectivity index (χ3v) is 4.95. The Balaban J connectivity index is 2.21. The predicted octanol–water partition coefficient (Wildman–Crippen LogP) is 7.38. The summed E-state index contributed by atoms with van der Waals surface area (Å²) >= 11 is 0. The fourth-order valence-electron chi connectivity index (χ4n) is 2.78. The Hall–Kier alpha value is -3.28. The minimum absolute atomic E-state index is 0.0723. The summed E-state index contributed by atoms with van der Waals surface area (Å²) in [6.45, 7) is 2.79. The van der Waals surface area contributed by atoms with Crippen LogP contribution in [0.3, 0.4) is 0 Å². The first kappa shape index (κ1) is 32.9. The van der Waals surface area contributed by atoms with Gasteiger partial charge in [0, 0.05) is 11.3 Å². The fraction of sp³-hybridized carbons (Fsp3) is 0.409. The molecular weight excluding hydrogens is 589 g/mol. The van der Waals surface area contributed by atoms with Crippen molar-refractivity contribution < 1.29 is 76.1 Å². The first-order valence-corrected chi connectivity index (χ1v) is 10.4. The number of ether oxygens (including phenoxy) is 3. The molecule has 2 aromatic carbocycles. The zero-order valence-corrected chi connectivity index (χ0v) is 19.8. The van der Waals surface area contributed by atoms with Crippen LogP contribution in [-0.2, 0) is 20.2 Å². The van der Waals surface area contributed by atoms with Crippen molar-refractivity contribution in [2.24, 2.45) is 0 Å². The van der Waals surface area contributed by atoms with Gasteiger partial charge in [-0.25, -0.2) is 9.47 Å². The van der Waals surface area contributed by atoms with Crippen molar-refractivity contribution in [2.75, 3.05) is 11.9 Å². The summed E-state index contributed by atoms with van der Waals surface area (Å²) in [7, 11) is 0. The molecule has 1 N–H and O–H groups in total. The Morgan fingerprint density at radius 2 is 1.30 bits per heavy atom. The molecule has 0 atom stereocenters. The lowest BCUT2D eigenvalue weighted by Gasteiger charge is -2.35. The minimum atomic E-state index is -7.53. The van der Waals surface area contributed by atoms with Crippen LogP contribution in [0.5, 0.6) is 5.75 Å². The van der Waals surface area contributed by atoms with Gasteiger partial charge in [0.05, 0.1) is 0 Å². The smallest absolute Gasteiger partial charge is 0.484 e. The van der Waals surface area contributed by atoms with E-state index in [2.05, 4.69) is 0 Å². The monoisotopic (exact) mass is 605 g/mol. The van der Waals surface area contributed by atoms with Crippen molar-refractivity contribution in [3.8, 4) is 5.75 Å². The maximum Gasteiger partial charge on any atom is 0.527 e. The van der Waals surface area contributed by atoms with Crippen molar-refractivity contribution in [3.05, 3.63) is 59.2 Å². The summed E-state index contributed by atoms with van der Waals surface area (Å²) in [5.74, 6) is -14.3. The number of aryl methyl sites for hydroxylation is 2. The number of carbonyl (C=O) groups is 1. The largest absolute Gasteiger partial charge is 0.527 e. The zero-order chi connectivity index (χ0) is 30.9. The van der Waals surface area contributed by atoms with E-state index in [9.17, 15) is 61.9 Å². The second-order valence-electron chi connectivity index (χ2n) is 8.01. The van der Waals surface area contributed by atoms with Crippen LogP contribution >= 0.6 is 0 Å². The van der Waals surface area contributed by atoms with Crippen molar-refractivity contribution in [1.29, 1.82) is 0 Å². The highest BCUT2D eigenvalue weighted by Crippen LogP contribution is 2.54. The molecule has 0 aromatic heterocycles. The van der Waals surface area contributed by atoms with Crippen molar-refractivity contribution in [1.82, 2.24) is 0 Å². The number of halogens is 13. The molecule has 0 saturated carbocycles. The highest BCUT2D eigenvalue weighted by molar-refractivity contribution is 5.92. The van der Waals surface area contributed by atoms with E-state index in [1.54, 1.807) is 30.7 Å². The molecule has 2 rings (SSSR count). The lowest BCUT2D eigenvalue weighted by molar-refractivity contribution is -0.535. The van der Waals surface area contributed by atoms with Gasteiger partial charge in [-0.1, -0.05) is 18.2 Å². The normalized spacial score (nSPS) is 13.8. The molecule has 0 spiro atoms. The standard InChI is InChI=1S/C22H16F13NO4/c1-11-6-7-15(8-12(11)2)38-10-16(37)36-14-5-3-4-13(9-14)17(23,24)19(27,28)39-20(29,30)18(25,26)21(31,32)40-22(33,34)35/h3-9H,10H2,1-2H3,(H,36,37). The molecule has 0 radical (unpaired) electrons. The van der Waals surface area contributed by atoms with Crippen LogP contribution < -0.4 is 10.1 Å². The molecule has 0 bridgehead atoms. The third kappa shape index (κ3) is 7.26. The SMILES string of the molecule is Cc1ccc(OCC(=O)Nc2cccc(C(F)(F)C(F)(F)OC(F)(F)C(F)(F)C(F)(F)OC(F)(F)F)c2)cc1C. The highest BCUT2D eigenvalue weighted by atomic mass is 19.4. The Morgan fingerprint density at radius 1 is 0.725 bits per heavy atom. The van der Waals surface area contributed by atoms with Gasteiger partial charge in [-0.3, -0.25) is 4.79 Å². The van der Waals surface area contributed by atoms with Gasteiger partial charge in [0.2, 0.25) is 0 Å². The second kappa shape index (κ2) is 10.9. The van der Waals surface area contributed by atoms with E-state index in [4.69, 9.17) is 4.74 Å². The molecule has 40 heavy (non-hydrogen) atoms. The Kier molecular flexibility index (Phi) is 9.01. The highest BCUT2D eigenvalue weighted by Gasteiger charge is 2.80. The third-order valence-electron chi connectivity index (χ3n) is 4.95. The summed E-state index contributed by atoms with van der Waals surface area (Å²) in [4.78, 5) is 12.0. The number of anilines is 1. The van der Waals surface area contributed by atoms with Crippen molar-refractivity contribution >= 4 is 11.6 Å². The molecular formula is C22H16F13NO4. The average Bonchev–Trinajstić information content (AvgIpc) is 2.77. The summed E-state index contributed by atoms with van der Waals surface area (Å²) in [5.41, 5.74) is -0.942. The van der Waals surface area contributed by atoms with Gasteiger partial charge in [-0.15, -0.1) is 13.2 Å². The van der Waals surface area contributed by atoms with E-state index in [0.29, 0.717) is 6.07 Å². The topological polar surface area (TPSA) is 56.8 Å². The summed E-state index contributed by atoms with van der Waals surface area (Å²) in [5, 5.41) is 1.94. The van der Waals surface area contributed by atoms with Crippen molar-refractivity contribution in [2.45, 2.75) is 50.4 Å². The molecule has 1 amide bonds. The number of rotatable bonds is 11. The van der Waals surface area contributed by atoms with Gasteiger partial charge in [0.25, 0.3) is 5.91 Å². The van der Waals surface area contributed by atoms with E-state index in [0.717, 1.165) is 17.2 Å². The van der Waals surface area contributed by atoms with Crippen molar-refractivity contribution in [3.63, 3.8) is 0 Å². The lowest BCUT2D eigenvalue weighted by Crippen LogP contribution is -2.61. The first-order chi connectivity index (χ1) is 17.9. The first-order valence-electron chi connectivity index (χ1n) is 10.4. The van der Waals surface area contributed by atoms with Gasteiger partial charge in [-0.05, 0) is 49.2 Å². The Labute approximate surface area is 215 Å². The molecule has 224 valence electrons. The van der Waals surface area contributed by atoms with Crippen LogP contribution in [0.1, 0.15) is 16.7 Å². The molecule has 0 aliphatic heterocycles.